The van der Waals surface area contributed by atoms with E-state index in [1.165, 1.54) is 67.5 Å². The van der Waals surface area contributed by atoms with Gasteiger partial charge in [-0.05, 0) is 69.5 Å². The van der Waals surface area contributed by atoms with Gasteiger partial charge in [0.2, 0.25) is 0 Å². The number of hydrogen-bond acceptors (Lipinski definition) is 2. The highest BCUT2D eigenvalue weighted by Gasteiger charge is 2.21. The lowest BCUT2D eigenvalue weighted by molar-refractivity contribution is 0.178. The molecule has 1 N–H and O–H groups in total. The second-order valence-corrected chi connectivity index (χ2v) is 7.03. The quantitative estimate of drug-likeness (QED) is 0.877. The van der Waals surface area contributed by atoms with E-state index in [0.717, 1.165) is 18.9 Å². The summed E-state index contributed by atoms with van der Waals surface area (Å²) in [7, 11) is 0. The summed E-state index contributed by atoms with van der Waals surface area (Å²) in [5, 5.41) is 3.67. The maximum Gasteiger partial charge on any atom is 0.125 e. The third-order valence-corrected chi connectivity index (χ3v) is 5.06. The SMILES string of the molecule is Cc1cc(C)c(OCC2CCC2)c(CC2CCCCN2)c1. The molecule has 0 aromatic heterocycles. The molecule has 1 aliphatic carbocycles. The van der Waals surface area contributed by atoms with Crippen molar-refractivity contribution in [2.75, 3.05) is 13.2 Å². The minimum absolute atomic E-state index is 0.631. The summed E-state index contributed by atoms with van der Waals surface area (Å²) in [6.07, 6.45) is 9.20. The van der Waals surface area contributed by atoms with E-state index in [9.17, 15) is 0 Å². The normalized spacial score (nSPS) is 22.9. The van der Waals surface area contributed by atoms with Gasteiger partial charge in [0, 0.05) is 6.04 Å². The van der Waals surface area contributed by atoms with Crippen LogP contribution in [0.5, 0.6) is 5.75 Å². The van der Waals surface area contributed by atoms with Gasteiger partial charge in [0.1, 0.15) is 5.75 Å². The van der Waals surface area contributed by atoms with E-state index in [4.69, 9.17) is 4.74 Å². The minimum atomic E-state index is 0.631. The van der Waals surface area contributed by atoms with Crippen molar-refractivity contribution in [1.29, 1.82) is 0 Å². The number of piperidine rings is 1. The average Bonchev–Trinajstić information content (AvgIpc) is 2.41. The lowest BCUT2D eigenvalue weighted by Crippen LogP contribution is -2.35. The second kappa shape index (κ2) is 6.83. The molecule has 0 amide bonds. The first-order valence-electron chi connectivity index (χ1n) is 8.68. The molecular weight excluding hydrogens is 258 g/mol. The van der Waals surface area contributed by atoms with Crippen LogP contribution in [0.3, 0.4) is 0 Å². The monoisotopic (exact) mass is 287 g/mol. The number of aryl methyl sites for hydroxylation is 2. The summed E-state index contributed by atoms with van der Waals surface area (Å²) in [5.41, 5.74) is 4.07. The lowest BCUT2D eigenvalue weighted by Gasteiger charge is -2.28. The van der Waals surface area contributed by atoms with Crippen LogP contribution in [-0.2, 0) is 6.42 Å². The Morgan fingerprint density at radius 3 is 2.62 bits per heavy atom. The van der Waals surface area contributed by atoms with Crippen molar-refractivity contribution in [2.24, 2.45) is 5.92 Å². The summed E-state index contributed by atoms with van der Waals surface area (Å²) in [6, 6.07) is 5.22. The molecule has 3 rings (SSSR count). The number of nitrogens with one attached hydrogen (secondary N) is 1. The highest BCUT2D eigenvalue weighted by Crippen LogP contribution is 2.31. The van der Waals surface area contributed by atoms with Crippen LogP contribution in [0.4, 0.5) is 0 Å². The van der Waals surface area contributed by atoms with Gasteiger partial charge in [0.15, 0.2) is 0 Å². The van der Waals surface area contributed by atoms with Crippen LogP contribution in [0.2, 0.25) is 0 Å². The molecule has 2 heteroatoms. The fraction of sp³-hybridized carbons (Fsp3) is 0.684. The molecule has 2 nitrogen and oxygen atoms in total. The van der Waals surface area contributed by atoms with Gasteiger partial charge in [-0.3, -0.25) is 0 Å². The van der Waals surface area contributed by atoms with Gasteiger partial charge in [-0.2, -0.15) is 0 Å². The first-order valence-corrected chi connectivity index (χ1v) is 8.68. The molecule has 2 aliphatic rings. The van der Waals surface area contributed by atoms with Gasteiger partial charge in [-0.1, -0.05) is 30.5 Å². The van der Waals surface area contributed by atoms with Gasteiger partial charge in [-0.25, -0.2) is 0 Å². The van der Waals surface area contributed by atoms with Crippen molar-refractivity contribution >= 4 is 0 Å². The van der Waals surface area contributed by atoms with Crippen molar-refractivity contribution in [3.8, 4) is 5.75 Å². The second-order valence-electron chi connectivity index (χ2n) is 7.03. The molecule has 1 atom stereocenters. The fourth-order valence-corrected chi connectivity index (χ4v) is 3.62. The van der Waals surface area contributed by atoms with Crippen molar-refractivity contribution in [3.05, 3.63) is 28.8 Å². The van der Waals surface area contributed by atoms with Crippen LogP contribution in [0.25, 0.3) is 0 Å². The zero-order valence-electron chi connectivity index (χ0n) is 13.6. The van der Waals surface area contributed by atoms with Crippen molar-refractivity contribution < 1.29 is 4.74 Å². The molecule has 1 unspecified atom stereocenters. The van der Waals surface area contributed by atoms with E-state index >= 15 is 0 Å². The third-order valence-electron chi connectivity index (χ3n) is 5.06. The Balaban J connectivity index is 1.72. The maximum absolute atomic E-state index is 6.24. The lowest BCUT2D eigenvalue weighted by atomic mass is 9.86. The standard InChI is InChI=1S/C19H29NO/c1-14-10-15(2)19(21-13-16-6-5-7-16)17(11-14)12-18-8-3-4-9-20-18/h10-11,16,18,20H,3-9,12-13H2,1-2H3. The summed E-state index contributed by atoms with van der Waals surface area (Å²) in [6.45, 7) is 6.48. The maximum atomic E-state index is 6.24. The molecular formula is C19H29NO. The van der Waals surface area contributed by atoms with E-state index in [1.54, 1.807) is 0 Å². The number of hydrogen-bond donors (Lipinski definition) is 1. The predicted octanol–water partition coefficient (Wildman–Crippen LogP) is 4.17. The van der Waals surface area contributed by atoms with E-state index in [2.05, 4.69) is 31.3 Å². The first kappa shape index (κ1) is 14.9. The zero-order valence-corrected chi connectivity index (χ0v) is 13.6. The number of benzene rings is 1. The molecule has 1 heterocycles. The Kier molecular flexibility index (Phi) is 4.84. The smallest absolute Gasteiger partial charge is 0.125 e. The molecule has 1 saturated carbocycles. The zero-order chi connectivity index (χ0) is 14.7. The van der Waals surface area contributed by atoms with E-state index < -0.39 is 0 Å². The highest BCUT2D eigenvalue weighted by molar-refractivity contribution is 5.44. The summed E-state index contributed by atoms with van der Waals surface area (Å²) >= 11 is 0. The Bertz CT molecular complexity index is 473. The molecule has 1 aromatic carbocycles. The molecule has 1 aromatic rings. The van der Waals surface area contributed by atoms with Crippen molar-refractivity contribution in [1.82, 2.24) is 5.32 Å². The molecule has 1 saturated heterocycles. The van der Waals surface area contributed by atoms with Gasteiger partial charge >= 0.3 is 0 Å². The van der Waals surface area contributed by atoms with Gasteiger partial charge in [-0.15, -0.1) is 0 Å². The molecule has 116 valence electrons. The van der Waals surface area contributed by atoms with Gasteiger partial charge in [0.05, 0.1) is 6.61 Å². The molecule has 1 aliphatic heterocycles. The van der Waals surface area contributed by atoms with Crippen molar-refractivity contribution in [3.63, 3.8) is 0 Å². The molecule has 2 fully saturated rings. The Morgan fingerprint density at radius 2 is 1.95 bits per heavy atom. The van der Waals surface area contributed by atoms with Gasteiger partial charge in [0.25, 0.3) is 0 Å². The molecule has 0 bridgehead atoms. The Morgan fingerprint density at radius 1 is 1.10 bits per heavy atom. The summed E-state index contributed by atoms with van der Waals surface area (Å²) in [5.74, 6) is 1.96. The Labute approximate surface area is 129 Å². The van der Waals surface area contributed by atoms with E-state index in [1.807, 2.05) is 0 Å². The number of ether oxygens (including phenoxy) is 1. The molecule has 0 spiro atoms. The summed E-state index contributed by atoms with van der Waals surface area (Å²) in [4.78, 5) is 0. The van der Waals surface area contributed by atoms with Crippen LogP contribution in [0.1, 0.15) is 55.2 Å². The van der Waals surface area contributed by atoms with Crippen LogP contribution in [0, 0.1) is 19.8 Å². The topological polar surface area (TPSA) is 21.3 Å². The van der Waals surface area contributed by atoms with Crippen LogP contribution < -0.4 is 10.1 Å². The highest BCUT2D eigenvalue weighted by atomic mass is 16.5. The number of rotatable bonds is 5. The van der Waals surface area contributed by atoms with Gasteiger partial charge < -0.3 is 10.1 Å². The largest absolute Gasteiger partial charge is 0.493 e. The third kappa shape index (κ3) is 3.79. The Hall–Kier alpha value is -1.02. The van der Waals surface area contributed by atoms with Crippen LogP contribution >= 0.6 is 0 Å². The van der Waals surface area contributed by atoms with Crippen LogP contribution in [-0.4, -0.2) is 19.2 Å². The molecule has 0 radical (unpaired) electrons. The first-order chi connectivity index (χ1) is 10.2. The predicted molar refractivity (Wildman–Crippen MR) is 88.1 cm³/mol. The minimum Gasteiger partial charge on any atom is -0.493 e. The fourth-order valence-electron chi connectivity index (χ4n) is 3.62. The van der Waals surface area contributed by atoms with Crippen LogP contribution in [0.15, 0.2) is 12.1 Å². The average molecular weight is 287 g/mol. The summed E-state index contributed by atoms with van der Waals surface area (Å²) < 4.78 is 6.24. The molecule has 21 heavy (non-hydrogen) atoms. The van der Waals surface area contributed by atoms with Crippen molar-refractivity contribution in [2.45, 2.75) is 64.8 Å². The van der Waals surface area contributed by atoms with E-state index in [-0.39, 0.29) is 0 Å². The van der Waals surface area contributed by atoms with E-state index in [0.29, 0.717) is 6.04 Å².